The molecule has 8 nitrogen and oxygen atoms in total. The van der Waals surface area contributed by atoms with Crippen LogP contribution < -0.4 is 15.5 Å². The predicted octanol–water partition coefficient (Wildman–Crippen LogP) is 3.38. The number of halogens is 2. The third-order valence-corrected chi connectivity index (χ3v) is 3.87. The van der Waals surface area contributed by atoms with Crippen LogP contribution in [0.3, 0.4) is 0 Å². The maximum absolute atomic E-state index is 13.1. The average molecular weight is 430 g/mol. The van der Waals surface area contributed by atoms with Crippen molar-refractivity contribution in [2.24, 2.45) is 5.10 Å². The van der Waals surface area contributed by atoms with E-state index in [0.29, 0.717) is 5.56 Å². The van der Waals surface area contributed by atoms with Gasteiger partial charge in [0.2, 0.25) is 5.76 Å². The molecule has 0 radical (unpaired) electrons. The Bertz CT molecular complexity index is 1100. The van der Waals surface area contributed by atoms with Gasteiger partial charge in [-0.1, -0.05) is 11.6 Å². The summed E-state index contributed by atoms with van der Waals surface area (Å²) in [6.45, 7) is 0. The number of hydrogen-bond donors (Lipinski definition) is 2. The third-order valence-electron chi connectivity index (χ3n) is 3.58. The summed E-state index contributed by atoms with van der Waals surface area (Å²) in [5.74, 6) is -2.96. The molecule has 0 aliphatic rings. The molecule has 0 aliphatic carbocycles. The van der Waals surface area contributed by atoms with Gasteiger partial charge in [0.05, 0.1) is 17.5 Å². The second-order valence-electron chi connectivity index (χ2n) is 5.72. The highest BCUT2D eigenvalue weighted by Crippen LogP contribution is 2.19. The highest BCUT2D eigenvalue weighted by atomic mass is 35.5. The van der Waals surface area contributed by atoms with Crippen molar-refractivity contribution < 1.29 is 27.9 Å². The number of hydrazone groups is 1. The fourth-order valence-corrected chi connectivity index (χ4v) is 2.33. The lowest BCUT2D eigenvalue weighted by Gasteiger charge is -2.05. The molecule has 30 heavy (non-hydrogen) atoms. The first-order valence-electron chi connectivity index (χ1n) is 8.37. The van der Waals surface area contributed by atoms with Crippen LogP contribution in [0, 0.1) is 5.82 Å². The van der Waals surface area contributed by atoms with Crippen molar-refractivity contribution in [1.29, 1.82) is 0 Å². The zero-order valence-corrected chi connectivity index (χ0v) is 15.9. The van der Waals surface area contributed by atoms with Gasteiger partial charge in [-0.05, 0) is 60.2 Å². The van der Waals surface area contributed by atoms with E-state index in [-0.39, 0.29) is 22.2 Å². The van der Waals surface area contributed by atoms with Gasteiger partial charge in [-0.2, -0.15) is 5.10 Å². The lowest BCUT2D eigenvalue weighted by molar-refractivity contribution is -0.136. The van der Waals surface area contributed by atoms with E-state index >= 15 is 0 Å². The van der Waals surface area contributed by atoms with E-state index in [1.165, 1.54) is 42.8 Å². The normalized spacial score (nSPS) is 10.6. The van der Waals surface area contributed by atoms with Crippen LogP contribution in [0.4, 0.5) is 10.1 Å². The number of carbonyl (C=O) groups excluding carboxylic acids is 3. The van der Waals surface area contributed by atoms with Crippen molar-refractivity contribution in [2.75, 3.05) is 5.32 Å². The Labute approximate surface area is 174 Å². The number of benzene rings is 2. The molecule has 10 heteroatoms. The zero-order valence-electron chi connectivity index (χ0n) is 15.1. The van der Waals surface area contributed by atoms with Gasteiger partial charge in [-0.3, -0.25) is 9.59 Å². The fraction of sp³-hybridized carbons (Fsp3) is 0. The van der Waals surface area contributed by atoms with Crippen molar-refractivity contribution in [3.05, 3.63) is 83.0 Å². The van der Waals surface area contributed by atoms with E-state index < -0.39 is 23.6 Å². The second kappa shape index (κ2) is 9.48. The van der Waals surface area contributed by atoms with Crippen LogP contribution in [0.1, 0.15) is 16.1 Å². The van der Waals surface area contributed by atoms with Crippen LogP contribution in [0.25, 0.3) is 0 Å². The minimum atomic E-state index is -1.03. The van der Waals surface area contributed by atoms with Gasteiger partial charge in [-0.15, -0.1) is 0 Å². The maximum atomic E-state index is 13.1. The molecule has 1 heterocycles. The number of nitrogens with zero attached hydrogens (tertiary/aromatic N) is 1. The van der Waals surface area contributed by atoms with Crippen LogP contribution in [-0.2, 0) is 9.59 Å². The second-order valence-corrected chi connectivity index (χ2v) is 6.13. The number of nitrogens with one attached hydrogen (secondary N) is 2. The van der Waals surface area contributed by atoms with Crippen molar-refractivity contribution >= 4 is 41.3 Å². The molecule has 3 aromatic rings. The number of ether oxygens (including phenoxy) is 1. The number of carbonyl (C=O) groups is 3. The molecular weight excluding hydrogens is 417 g/mol. The molecule has 0 spiro atoms. The molecular formula is C20H13ClFN3O5. The molecule has 0 saturated heterocycles. The van der Waals surface area contributed by atoms with Crippen molar-refractivity contribution in [1.82, 2.24) is 5.43 Å². The Morgan fingerprint density at radius 1 is 1.07 bits per heavy atom. The number of rotatable bonds is 5. The largest absolute Gasteiger partial charge is 0.457 e. The van der Waals surface area contributed by atoms with E-state index in [0.717, 1.165) is 6.07 Å². The van der Waals surface area contributed by atoms with Crippen LogP contribution in [0.5, 0.6) is 5.75 Å². The van der Waals surface area contributed by atoms with E-state index in [9.17, 15) is 18.8 Å². The minimum Gasteiger partial charge on any atom is -0.457 e. The Morgan fingerprint density at radius 3 is 2.50 bits per heavy atom. The van der Waals surface area contributed by atoms with E-state index in [1.807, 2.05) is 0 Å². The summed E-state index contributed by atoms with van der Waals surface area (Å²) in [7, 11) is 0. The molecule has 0 unspecified atom stereocenters. The molecule has 0 saturated carbocycles. The van der Waals surface area contributed by atoms with Crippen LogP contribution in [-0.4, -0.2) is 24.0 Å². The first-order valence-corrected chi connectivity index (χ1v) is 8.75. The van der Waals surface area contributed by atoms with Gasteiger partial charge in [0.25, 0.3) is 0 Å². The molecule has 0 fully saturated rings. The lowest BCUT2D eigenvalue weighted by atomic mass is 10.2. The molecule has 2 aromatic carbocycles. The third kappa shape index (κ3) is 5.52. The molecule has 0 bridgehead atoms. The van der Waals surface area contributed by atoms with E-state index in [2.05, 4.69) is 15.8 Å². The molecule has 2 amide bonds. The van der Waals surface area contributed by atoms with Gasteiger partial charge in [0.15, 0.2) is 0 Å². The van der Waals surface area contributed by atoms with Gasteiger partial charge in [0, 0.05) is 5.69 Å². The summed E-state index contributed by atoms with van der Waals surface area (Å²) in [6.07, 6.45) is 2.65. The van der Waals surface area contributed by atoms with Crippen LogP contribution in [0.2, 0.25) is 5.02 Å². The van der Waals surface area contributed by atoms with E-state index in [1.54, 1.807) is 18.2 Å². The molecule has 3 rings (SSSR count). The summed E-state index contributed by atoms with van der Waals surface area (Å²) in [4.78, 5) is 35.4. The molecule has 0 atom stereocenters. The number of amides is 2. The summed E-state index contributed by atoms with van der Waals surface area (Å²) >= 11 is 5.61. The molecule has 0 aliphatic heterocycles. The standard InChI is InChI=1S/C20H13ClFN3O5/c21-15-10-13(5-8-16(15)22)24-18(26)19(27)25-23-11-12-3-6-14(7-4-12)30-20(28)17-2-1-9-29-17/h1-11H,(H,24,26)(H,25,27)/b23-11+. The highest BCUT2D eigenvalue weighted by Gasteiger charge is 2.14. The summed E-state index contributed by atoms with van der Waals surface area (Å²) in [6, 6.07) is 12.8. The van der Waals surface area contributed by atoms with Crippen LogP contribution in [0.15, 0.2) is 70.4 Å². The van der Waals surface area contributed by atoms with Gasteiger partial charge in [0.1, 0.15) is 11.6 Å². The Balaban J connectivity index is 1.50. The molecule has 1 aromatic heterocycles. The number of esters is 1. The quantitative estimate of drug-likeness (QED) is 0.212. The first kappa shape index (κ1) is 20.7. The number of anilines is 1. The average Bonchev–Trinajstić information content (AvgIpc) is 3.27. The lowest BCUT2D eigenvalue weighted by Crippen LogP contribution is -2.32. The Morgan fingerprint density at radius 2 is 1.83 bits per heavy atom. The topological polar surface area (TPSA) is 110 Å². The number of hydrogen-bond acceptors (Lipinski definition) is 6. The fourth-order valence-electron chi connectivity index (χ4n) is 2.15. The van der Waals surface area contributed by atoms with Gasteiger partial charge >= 0.3 is 17.8 Å². The summed E-state index contributed by atoms with van der Waals surface area (Å²) < 4.78 is 23.2. The summed E-state index contributed by atoms with van der Waals surface area (Å²) in [5, 5.41) is 5.75. The summed E-state index contributed by atoms with van der Waals surface area (Å²) in [5.41, 5.74) is 2.78. The minimum absolute atomic E-state index is 0.0736. The highest BCUT2D eigenvalue weighted by molar-refractivity contribution is 6.39. The number of furan rings is 1. The molecule has 2 N–H and O–H groups in total. The van der Waals surface area contributed by atoms with Gasteiger partial charge < -0.3 is 14.5 Å². The Kier molecular flexibility index (Phi) is 6.56. The Hall–Kier alpha value is -3.98. The smallest absolute Gasteiger partial charge is 0.379 e. The predicted molar refractivity (Wildman–Crippen MR) is 106 cm³/mol. The van der Waals surface area contributed by atoms with Crippen LogP contribution >= 0.6 is 11.6 Å². The van der Waals surface area contributed by atoms with Crippen molar-refractivity contribution in [3.63, 3.8) is 0 Å². The maximum Gasteiger partial charge on any atom is 0.379 e. The zero-order chi connectivity index (χ0) is 21.5. The van der Waals surface area contributed by atoms with Gasteiger partial charge in [-0.25, -0.2) is 14.6 Å². The van der Waals surface area contributed by atoms with E-state index in [4.69, 9.17) is 20.8 Å². The van der Waals surface area contributed by atoms with Crippen molar-refractivity contribution in [2.45, 2.75) is 0 Å². The first-order chi connectivity index (χ1) is 14.4. The van der Waals surface area contributed by atoms with Crippen molar-refractivity contribution in [3.8, 4) is 5.75 Å². The molecule has 152 valence electrons. The monoisotopic (exact) mass is 429 g/mol. The SMILES string of the molecule is O=C(N/N=C/c1ccc(OC(=O)c2ccco2)cc1)C(=O)Nc1ccc(F)c(Cl)c1.